The molecule has 0 spiro atoms. The van der Waals surface area contributed by atoms with Crippen molar-refractivity contribution in [3.05, 3.63) is 23.7 Å². The zero-order valence-electron chi connectivity index (χ0n) is 13.5. The van der Waals surface area contributed by atoms with Gasteiger partial charge >= 0.3 is 0 Å². The number of rotatable bonds is 5. The Morgan fingerprint density at radius 2 is 2.00 bits per heavy atom. The molecule has 0 radical (unpaired) electrons. The van der Waals surface area contributed by atoms with E-state index in [4.69, 9.17) is 10.2 Å². The fraction of sp³-hybridized carbons (Fsp3) is 0.765. The van der Waals surface area contributed by atoms with Crippen molar-refractivity contribution in [2.45, 2.75) is 58.5 Å². The first-order chi connectivity index (χ1) is 9.47. The summed E-state index contributed by atoms with van der Waals surface area (Å²) in [5.74, 6) is 3.69. The smallest absolute Gasteiger partial charge is 0.118 e. The van der Waals surface area contributed by atoms with Crippen LogP contribution >= 0.6 is 0 Å². The predicted octanol–water partition coefficient (Wildman–Crippen LogP) is 3.56. The number of nitrogens with two attached hydrogens (primary N) is 1. The first kappa shape index (κ1) is 15.6. The molecule has 0 saturated heterocycles. The number of aryl methyl sites for hydroxylation is 1. The third-order valence-corrected chi connectivity index (χ3v) is 5.28. The van der Waals surface area contributed by atoms with Crippen molar-refractivity contribution >= 4 is 0 Å². The van der Waals surface area contributed by atoms with Gasteiger partial charge < -0.3 is 10.2 Å². The van der Waals surface area contributed by atoms with E-state index < -0.39 is 0 Å². The molecule has 20 heavy (non-hydrogen) atoms. The Labute approximate surface area is 123 Å². The van der Waals surface area contributed by atoms with Gasteiger partial charge in [0, 0.05) is 12.1 Å². The van der Waals surface area contributed by atoms with E-state index in [0.717, 1.165) is 36.4 Å². The lowest BCUT2D eigenvalue weighted by atomic mass is 9.72. The predicted molar refractivity (Wildman–Crippen MR) is 83.5 cm³/mol. The molecule has 0 unspecified atom stereocenters. The summed E-state index contributed by atoms with van der Waals surface area (Å²) in [4.78, 5) is 2.42. The average molecular weight is 278 g/mol. The lowest BCUT2D eigenvalue weighted by Crippen LogP contribution is -2.54. The Balaban J connectivity index is 2.00. The van der Waals surface area contributed by atoms with Crippen LogP contribution in [-0.4, -0.2) is 24.0 Å². The van der Waals surface area contributed by atoms with Crippen molar-refractivity contribution in [2.75, 3.05) is 13.6 Å². The van der Waals surface area contributed by atoms with Crippen molar-refractivity contribution in [2.24, 2.45) is 17.6 Å². The Hall–Kier alpha value is -0.800. The maximum absolute atomic E-state index is 6.15. The molecule has 0 atom stereocenters. The Morgan fingerprint density at radius 3 is 2.45 bits per heavy atom. The molecule has 1 aromatic rings. The number of hydrogen-bond donors (Lipinski definition) is 1. The Morgan fingerprint density at radius 1 is 1.35 bits per heavy atom. The highest BCUT2D eigenvalue weighted by Gasteiger charge is 2.38. The van der Waals surface area contributed by atoms with Gasteiger partial charge in [-0.1, -0.05) is 13.8 Å². The maximum Gasteiger partial charge on any atom is 0.118 e. The topological polar surface area (TPSA) is 42.4 Å². The lowest BCUT2D eigenvalue weighted by molar-refractivity contribution is 0.0450. The zero-order valence-corrected chi connectivity index (χ0v) is 13.5. The van der Waals surface area contributed by atoms with Crippen LogP contribution in [-0.2, 0) is 6.54 Å². The molecule has 1 aliphatic rings. The number of hydrogen-bond acceptors (Lipinski definition) is 3. The van der Waals surface area contributed by atoms with Crippen molar-refractivity contribution < 1.29 is 4.42 Å². The molecule has 114 valence electrons. The van der Waals surface area contributed by atoms with Gasteiger partial charge in [0.1, 0.15) is 11.5 Å². The van der Waals surface area contributed by atoms with Gasteiger partial charge in [-0.3, -0.25) is 4.90 Å². The summed E-state index contributed by atoms with van der Waals surface area (Å²) < 4.78 is 5.71. The summed E-state index contributed by atoms with van der Waals surface area (Å²) >= 11 is 0. The van der Waals surface area contributed by atoms with Crippen LogP contribution in [0.25, 0.3) is 0 Å². The first-order valence-corrected chi connectivity index (χ1v) is 7.93. The molecular weight excluding hydrogens is 248 g/mol. The second kappa shape index (κ2) is 6.31. The van der Waals surface area contributed by atoms with Crippen molar-refractivity contribution in [1.29, 1.82) is 0 Å². The van der Waals surface area contributed by atoms with Gasteiger partial charge in [0.2, 0.25) is 0 Å². The van der Waals surface area contributed by atoms with E-state index in [1.54, 1.807) is 0 Å². The minimum absolute atomic E-state index is 0.159. The third-order valence-electron chi connectivity index (χ3n) is 5.28. The van der Waals surface area contributed by atoms with Crippen LogP contribution in [0.15, 0.2) is 16.5 Å². The summed E-state index contributed by atoms with van der Waals surface area (Å²) in [7, 11) is 2.19. The van der Waals surface area contributed by atoms with Crippen LogP contribution in [0.5, 0.6) is 0 Å². The highest BCUT2D eigenvalue weighted by Crippen LogP contribution is 2.38. The fourth-order valence-electron chi connectivity index (χ4n) is 3.56. The SMILES string of the molecule is Cc1ccc(CN(C)C2(CN)CCC(C(C)C)CC2)o1. The van der Waals surface area contributed by atoms with Gasteiger partial charge in [-0.25, -0.2) is 0 Å². The summed E-state index contributed by atoms with van der Waals surface area (Å²) in [5, 5.41) is 0. The first-order valence-electron chi connectivity index (χ1n) is 7.93. The second-order valence-electron chi connectivity index (χ2n) is 6.88. The van der Waals surface area contributed by atoms with Crippen LogP contribution in [0.2, 0.25) is 0 Å². The molecular formula is C17H30N2O. The molecule has 3 nitrogen and oxygen atoms in total. The van der Waals surface area contributed by atoms with Crippen LogP contribution in [0.4, 0.5) is 0 Å². The van der Waals surface area contributed by atoms with E-state index in [-0.39, 0.29) is 5.54 Å². The minimum atomic E-state index is 0.159. The van der Waals surface area contributed by atoms with Gasteiger partial charge in [-0.15, -0.1) is 0 Å². The van der Waals surface area contributed by atoms with Crippen molar-refractivity contribution in [3.63, 3.8) is 0 Å². The van der Waals surface area contributed by atoms with E-state index in [0.29, 0.717) is 0 Å². The number of nitrogens with zero attached hydrogens (tertiary/aromatic N) is 1. The molecule has 0 aliphatic heterocycles. The fourth-order valence-corrected chi connectivity index (χ4v) is 3.56. The molecule has 2 N–H and O–H groups in total. The van der Waals surface area contributed by atoms with Gasteiger partial charge in [0.15, 0.2) is 0 Å². The van der Waals surface area contributed by atoms with E-state index in [9.17, 15) is 0 Å². The molecule has 1 saturated carbocycles. The second-order valence-corrected chi connectivity index (χ2v) is 6.88. The average Bonchev–Trinajstić information content (AvgIpc) is 2.84. The molecule has 2 rings (SSSR count). The summed E-state index contributed by atoms with van der Waals surface area (Å²) in [6.45, 7) is 8.28. The van der Waals surface area contributed by atoms with Crippen molar-refractivity contribution in [3.8, 4) is 0 Å². The van der Waals surface area contributed by atoms with Crippen LogP contribution < -0.4 is 5.73 Å². The quantitative estimate of drug-likeness (QED) is 0.895. The highest BCUT2D eigenvalue weighted by atomic mass is 16.3. The molecule has 1 aliphatic carbocycles. The standard InChI is InChI=1S/C17H30N2O/c1-13(2)15-7-9-17(12-18,10-8-15)19(4)11-16-6-5-14(3)20-16/h5-6,13,15H,7-12,18H2,1-4H3. The molecule has 0 amide bonds. The van der Waals surface area contributed by atoms with Gasteiger partial charge in [0.25, 0.3) is 0 Å². The normalized spacial score (nSPS) is 27.4. The lowest BCUT2D eigenvalue weighted by Gasteiger charge is -2.46. The van der Waals surface area contributed by atoms with E-state index in [1.807, 2.05) is 13.0 Å². The van der Waals surface area contributed by atoms with Gasteiger partial charge in [-0.2, -0.15) is 0 Å². The third kappa shape index (κ3) is 3.26. The minimum Gasteiger partial charge on any atom is -0.465 e. The Kier molecular flexibility index (Phi) is 4.92. The summed E-state index contributed by atoms with van der Waals surface area (Å²) in [5.41, 5.74) is 6.31. The van der Waals surface area contributed by atoms with E-state index >= 15 is 0 Å². The molecule has 3 heteroatoms. The zero-order chi connectivity index (χ0) is 14.8. The number of furan rings is 1. The largest absolute Gasteiger partial charge is 0.465 e. The number of likely N-dealkylation sites (N-methyl/N-ethyl adjacent to an activating group) is 1. The monoisotopic (exact) mass is 278 g/mol. The summed E-state index contributed by atoms with van der Waals surface area (Å²) in [6, 6.07) is 4.11. The molecule has 0 aromatic carbocycles. The van der Waals surface area contributed by atoms with E-state index in [2.05, 4.69) is 31.9 Å². The molecule has 1 heterocycles. The maximum atomic E-state index is 6.15. The molecule has 1 fully saturated rings. The van der Waals surface area contributed by atoms with Crippen LogP contribution in [0.1, 0.15) is 51.1 Å². The molecule has 1 aromatic heterocycles. The van der Waals surface area contributed by atoms with E-state index in [1.165, 1.54) is 25.7 Å². The highest BCUT2D eigenvalue weighted by molar-refractivity contribution is 5.07. The van der Waals surface area contributed by atoms with Crippen molar-refractivity contribution in [1.82, 2.24) is 4.90 Å². The van der Waals surface area contributed by atoms with Gasteiger partial charge in [-0.05, 0) is 63.6 Å². The summed E-state index contributed by atoms with van der Waals surface area (Å²) in [6.07, 6.45) is 5.03. The van der Waals surface area contributed by atoms with Gasteiger partial charge in [0.05, 0.1) is 6.54 Å². The Bertz CT molecular complexity index is 416. The molecule has 0 bridgehead atoms. The van der Waals surface area contributed by atoms with Crippen LogP contribution in [0.3, 0.4) is 0 Å². The van der Waals surface area contributed by atoms with Crippen LogP contribution in [0, 0.1) is 18.8 Å².